The molecule has 134 valence electrons. The molecule has 3 aromatic rings. The Bertz CT molecular complexity index is 937. The SMILES string of the molecule is Cc1ccn2c([C@@H](CC(=O)N3CCCC3)c3ccccc3C)cnc2c1. The zero-order valence-electron chi connectivity index (χ0n) is 15.5. The standard InChI is InChI=1S/C22H25N3O/c1-16-9-12-25-20(15-23-21(25)13-16)19(18-8-4-3-7-17(18)2)14-22(26)24-10-5-6-11-24/h3-4,7-9,12-13,15,19H,5-6,10-11,14H2,1-2H3/t19-/m0/s1. The summed E-state index contributed by atoms with van der Waals surface area (Å²) in [5, 5.41) is 0. The molecule has 26 heavy (non-hydrogen) atoms. The van der Waals surface area contributed by atoms with E-state index < -0.39 is 0 Å². The van der Waals surface area contributed by atoms with Gasteiger partial charge in [0.15, 0.2) is 0 Å². The highest BCUT2D eigenvalue weighted by atomic mass is 16.2. The van der Waals surface area contributed by atoms with Crippen molar-refractivity contribution in [3.05, 3.63) is 71.2 Å². The summed E-state index contributed by atoms with van der Waals surface area (Å²) < 4.78 is 2.13. The fourth-order valence-corrected chi connectivity index (χ4v) is 3.98. The molecule has 1 atom stereocenters. The fraction of sp³-hybridized carbons (Fsp3) is 0.364. The second-order valence-electron chi connectivity index (χ2n) is 7.32. The van der Waals surface area contributed by atoms with Crippen molar-refractivity contribution >= 4 is 11.6 Å². The third kappa shape index (κ3) is 3.12. The topological polar surface area (TPSA) is 37.6 Å². The average molecular weight is 347 g/mol. The van der Waals surface area contributed by atoms with Gasteiger partial charge < -0.3 is 9.30 Å². The highest BCUT2D eigenvalue weighted by molar-refractivity contribution is 5.78. The molecular formula is C22H25N3O. The van der Waals surface area contributed by atoms with Crippen LogP contribution < -0.4 is 0 Å². The summed E-state index contributed by atoms with van der Waals surface area (Å²) >= 11 is 0. The Morgan fingerprint density at radius 2 is 1.92 bits per heavy atom. The van der Waals surface area contributed by atoms with Gasteiger partial charge in [-0.15, -0.1) is 0 Å². The summed E-state index contributed by atoms with van der Waals surface area (Å²) in [6.45, 7) is 5.98. The number of carbonyl (C=O) groups excluding carboxylic acids is 1. The predicted molar refractivity (Wildman–Crippen MR) is 103 cm³/mol. The van der Waals surface area contributed by atoms with E-state index in [1.807, 2.05) is 11.1 Å². The first-order valence-electron chi connectivity index (χ1n) is 9.40. The molecule has 0 spiro atoms. The molecule has 2 aromatic heterocycles. The number of pyridine rings is 1. The number of imidazole rings is 1. The number of aryl methyl sites for hydroxylation is 2. The molecule has 1 aliphatic heterocycles. The van der Waals surface area contributed by atoms with Gasteiger partial charge in [-0.3, -0.25) is 4.79 Å². The van der Waals surface area contributed by atoms with Crippen LogP contribution in [0.4, 0.5) is 0 Å². The first-order valence-corrected chi connectivity index (χ1v) is 9.40. The summed E-state index contributed by atoms with van der Waals surface area (Å²) in [6.07, 6.45) is 6.74. The van der Waals surface area contributed by atoms with Gasteiger partial charge in [0.25, 0.3) is 0 Å². The lowest BCUT2D eigenvalue weighted by Crippen LogP contribution is -2.29. The van der Waals surface area contributed by atoms with E-state index in [0.717, 1.165) is 37.3 Å². The van der Waals surface area contributed by atoms with E-state index in [0.29, 0.717) is 6.42 Å². The second-order valence-corrected chi connectivity index (χ2v) is 7.32. The maximum Gasteiger partial charge on any atom is 0.223 e. The zero-order valence-corrected chi connectivity index (χ0v) is 15.5. The molecule has 0 bridgehead atoms. The summed E-state index contributed by atoms with van der Waals surface area (Å²) in [6, 6.07) is 12.6. The minimum atomic E-state index is 0.0157. The van der Waals surface area contributed by atoms with Crippen LogP contribution in [0.2, 0.25) is 0 Å². The maximum atomic E-state index is 12.9. The molecule has 0 saturated carbocycles. The fourth-order valence-electron chi connectivity index (χ4n) is 3.98. The first kappa shape index (κ1) is 16.8. The van der Waals surface area contributed by atoms with Crippen LogP contribution in [0, 0.1) is 13.8 Å². The summed E-state index contributed by atoms with van der Waals surface area (Å²) in [4.78, 5) is 19.5. The number of benzene rings is 1. The second kappa shape index (κ2) is 6.94. The Kier molecular flexibility index (Phi) is 4.49. The monoisotopic (exact) mass is 347 g/mol. The lowest BCUT2D eigenvalue weighted by atomic mass is 9.89. The van der Waals surface area contributed by atoms with Crippen molar-refractivity contribution < 1.29 is 4.79 Å². The van der Waals surface area contributed by atoms with Crippen LogP contribution in [0.25, 0.3) is 5.65 Å². The van der Waals surface area contributed by atoms with Gasteiger partial charge in [-0.2, -0.15) is 0 Å². The van der Waals surface area contributed by atoms with E-state index in [4.69, 9.17) is 0 Å². The number of nitrogens with zero attached hydrogens (tertiary/aromatic N) is 3. The van der Waals surface area contributed by atoms with Gasteiger partial charge in [0.1, 0.15) is 5.65 Å². The summed E-state index contributed by atoms with van der Waals surface area (Å²) in [7, 11) is 0. The van der Waals surface area contributed by atoms with Gasteiger partial charge >= 0.3 is 0 Å². The molecule has 0 N–H and O–H groups in total. The number of rotatable bonds is 4. The summed E-state index contributed by atoms with van der Waals surface area (Å²) in [5.41, 5.74) is 5.64. The van der Waals surface area contributed by atoms with Crippen LogP contribution >= 0.6 is 0 Å². The van der Waals surface area contributed by atoms with Crippen LogP contribution in [0.5, 0.6) is 0 Å². The number of aromatic nitrogens is 2. The highest BCUT2D eigenvalue weighted by Gasteiger charge is 2.26. The average Bonchev–Trinajstić information content (AvgIpc) is 3.30. The number of hydrogen-bond donors (Lipinski definition) is 0. The molecule has 0 radical (unpaired) electrons. The van der Waals surface area contributed by atoms with Crippen LogP contribution in [-0.4, -0.2) is 33.3 Å². The van der Waals surface area contributed by atoms with Crippen molar-refractivity contribution in [2.24, 2.45) is 0 Å². The minimum absolute atomic E-state index is 0.0157. The Hall–Kier alpha value is -2.62. The minimum Gasteiger partial charge on any atom is -0.343 e. The van der Waals surface area contributed by atoms with Crippen LogP contribution in [0.15, 0.2) is 48.8 Å². The van der Waals surface area contributed by atoms with E-state index in [9.17, 15) is 4.79 Å². The van der Waals surface area contributed by atoms with Gasteiger partial charge in [0, 0.05) is 37.8 Å². The molecule has 0 unspecified atom stereocenters. The predicted octanol–water partition coefficient (Wildman–Crippen LogP) is 4.10. The first-order chi connectivity index (χ1) is 12.6. The Labute approximate surface area is 154 Å². The number of likely N-dealkylation sites (tertiary alicyclic amines) is 1. The molecule has 1 saturated heterocycles. The molecule has 3 heterocycles. The number of fused-ring (bicyclic) bond motifs is 1. The Morgan fingerprint density at radius 1 is 1.15 bits per heavy atom. The van der Waals surface area contributed by atoms with Crippen molar-refractivity contribution in [2.75, 3.05) is 13.1 Å². The van der Waals surface area contributed by atoms with E-state index >= 15 is 0 Å². The number of carbonyl (C=O) groups is 1. The number of amides is 1. The van der Waals surface area contributed by atoms with Gasteiger partial charge in [-0.05, 0) is 55.5 Å². The van der Waals surface area contributed by atoms with Crippen molar-refractivity contribution in [2.45, 2.75) is 39.0 Å². The summed E-state index contributed by atoms with van der Waals surface area (Å²) in [5.74, 6) is 0.264. The van der Waals surface area contributed by atoms with Gasteiger partial charge in [0.05, 0.1) is 5.69 Å². The highest BCUT2D eigenvalue weighted by Crippen LogP contribution is 2.32. The smallest absolute Gasteiger partial charge is 0.223 e. The molecule has 0 aliphatic carbocycles. The van der Waals surface area contributed by atoms with Crippen LogP contribution in [0.1, 0.15) is 47.6 Å². The van der Waals surface area contributed by atoms with Gasteiger partial charge in [0.2, 0.25) is 5.91 Å². The lowest BCUT2D eigenvalue weighted by Gasteiger charge is -2.22. The maximum absolute atomic E-state index is 12.9. The van der Waals surface area contributed by atoms with E-state index in [-0.39, 0.29) is 11.8 Å². The third-order valence-electron chi connectivity index (χ3n) is 5.46. The quantitative estimate of drug-likeness (QED) is 0.713. The Morgan fingerprint density at radius 3 is 2.69 bits per heavy atom. The molecule has 4 nitrogen and oxygen atoms in total. The van der Waals surface area contributed by atoms with Crippen LogP contribution in [0.3, 0.4) is 0 Å². The van der Waals surface area contributed by atoms with Crippen LogP contribution in [-0.2, 0) is 4.79 Å². The van der Waals surface area contributed by atoms with E-state index in [1.54, 1.807) is 0 Å². The van der Waals surface area contributed by atoms with Gasteiger partial charge in [-0.25, -0.2) is 4.98 Å². The molecule has 1 fully saturated rings. The van der Waals surface area contributed by atoms with Crippen molar-refractivity contribution in [3.63, 3.8) is 0 Å². The van der Waals surface area contributed by atoms with Crippen molar-refractivity contribution in [1.29, 1.82) is 0 Å². The number of hydrogen-bond acceptors (Lipinski definition) is 2. The third-order valence-corrected chi connectivity index (χ3v) is 5.46. The Balaban J connectivity index is 1.76. The zero-order chi connectivity index (χ0) is 18.1. The molecule has 1 aliphatic rings. The van der Waals surface area contributed by atoms with Crippen molar-refractivity contribution in [3.8, 4) is 0 Å². The largest absolute Gasteiger partial charge is 0.343 e. The van der Waals surface area contributed by atoms with Gasteiger partial charge in [-0.1, -0.05) is 24.3 Å². The normalized spacial score (nSPS) is 15.5. The molecule has 1 amide bonds. The van der Waals surface area contributed by atoms with Crippen molar-refractivity contribution in [1.82, 2.24) is 14.3 Å². The molecule has 4 heteroatoms. The molecular weight excluding hydrogens is 322 g/mol. The lowest BCUT2D eigenvalue weighted by molar-refractivity contribution is -0.130. The molecule has 1 aromatic carbocycles. The molecule has 4 rings (SSSR count). The van der Waals surface area contributed by atoms with E-state index in [1.165, 1.54) is 16.7 Å². The van der Waals surface area contributed by atoms with E-state index in [2.05, 4.69) is 65.8 Å².